The summed E-state index contributed by atoms with van der Waals surface area (Å²) in [6.45, 7) is 3.45. The number of β-amino-alcohol motifs (C(OH)–C–C–N with tert-alkyl or cyclic N) is 1. The monoisotopic (exact) mass is 386 g/mol. The maximum Gasteiger partial charge on any atom is 0.274 e. The van der Waals surface area contributed by atoms with Crippen molar-refractivity contribution in [3.63, 3.8) is 0 Å². The molecule has 28 heavy (non-hydrogen) atoms. The summed E-state index contributed by atoms with van der Waals surface area (Å²) in [6.07, 6.45) is 0.901. The number of hydrogen-bond acceptors (Lipinski definition) is 5. The van der Waals surface area contributed by atoms with Gasteiger partial charge in [-0.15, -0.1) is 0 Å². The molecule has 1 aliphatic heterocycles. The van der Waals surface area contributed by atoms with E-state index in [0.29, 0.717) is 19.6 Å². The predicted octanol–water partition coefficient (Wildman–Crippen LogP) is 1.09. The van der Waals surface area contributed by atoms with Gasteiger partial charge in [0.15, 0.2) is 5.69 Å². The lowest BCUT2D eigenvalue weighted by Crippen LogP contribution is -2.31. The van der Waals surface area contributed by atoms with Crippen LogP contribution in [0.15, 0.2) is 30.3 Å². The second-order valence-corrected chi connectivity index (χ2v) is 6.89. The molecule has 8 heteroatoms. The molecule has 1 aromatic carbocycles. The molecule has 8 nitrogen and oxygen atoms in total. The molecule has 2 N–H and O–H groups in total. The first-order chi connectivity index (χ1) is 13.5. The number of nitrogens with one attached hydrogen (secondary N) is 1. The molecule has 2 amide bonds. The van der Waals surface area contributed by atoms with Crippen LogP contribution in [0.25, 0.3) is 0 Å². The highest BCUT2D eigenvalue weighted by Crippen LogP contribution is 2.14. The normalized spacial score (nSPS) is 16.1. The van der Waals surface area contributed by atoms with Crippen LogP contribution in [0, 0.1) is 0 Å². The van der Waals surface area contributed by atoms with E-state index in [1.54, 1.807) is 11.9 Å². The van der Waals surface area contributed by atoms with Gasteiger partial charge in [0.25, 0.3) is 11.8 Å². The number of ether oxygens (including phenoxy) is 1. The van der Waals surface area contributed by atoms with Gasteiger partial charge in [0.05, 0.1) is 19.3 Å². The van der Waals surface area contributed by atoms with Gasteiger partial charge in [-0.3, -0.25) is 14.3 Å². The molecule has 0 saturated carbocycles. The first kappa shape index (κ1) is 19.9. The van der Waals surface area contributed by atoms with E-state index in [9.17, 15) is 14.7 Å². The maximum atomic E-state index is 12.6. The van der Waals surface area contributed by atoms with Gasteiger partial charge in [-0.05, 0) is 30.5 Å². The van der Waals surface area contributed by atoms with Crippen molar-refractivity contribution in [3.05, 3.63) is 47.3 Å². The zero-order valence-corrected chi connectivity index (χ0v) is 16.2. The SMILES string of the molecule is CCc1cccc(OCCCN(C)C(=O)c2cc3n(n2)C[C@H](O)CNC3=O)c1. The van der Waals surface area contributed by atoms with E-state index in [1.165, 1.54) is 16.3 Å². The van der Waals surface area contributed by atoms with Crippen LogP contribution in [-0.4, -0.2) is 64.4 Å². The van der Waals surface area contributed by atoms with Gasteiger partial charge in [0.1, 0.15) is 11.4 Å². The summed E-state index contributed by atoms with van der Waals surface area (Å²) in [5.41, 5.74) is 1.70. The van der Waals surface area contributed by atoms with E-state index in [4.69, 9.17) is 4.74 Å². The summed E-state index contributed by atoms with van der Waals surface area (Å²) in [5.74, 6) is 0.222. The van der Waals surface area contributed by atoms with Crippen LogP contribution >= 0.6 is 0 Å². The lowest BCUT2D eigenvalue weighted by atomic mass is 10.2. The summed E-state index contributed by atoms with van der Waals surface area (Å²) in [4.78, 5) is 26.2. The maximum absolute atomic E-state index is 12.6. The summed E-state index contributed by atoms with van der Waals surface area (Å²) >= 11 is 0. The van der Waals surface area contributed by atoms with E-state index in [2.05, 4.69) is 23.4 Å². The molecule has 0 saturated heterocycles. The minimum Gasteiger partial charge on any atom is -0.494 e. The molecule has 1 aromatic heterocycles. The average molecular weight is 386 g/mol. The zero-order chi connectivity index (χ0) is 20.1. The number of rotatable bonds is 7. The van der Waals surface area contributed by atoms with Crippen LogP contribution in [0.1, 0.15) is 39.9 Å². The van der Waals surface area contributed by atoms with Crippen molar-refractivity contribution in [1.82, 2.24) is 20.0 Å². The summed E-state index contributed by atoms with van der Waals surface area (Å²) in [5, 5.41) is 16.6. The van der Waals surface area contributed by atoms with Crippen molar-refractivity contribution < 1.29 is 19.4 Å². The molecule has 2 aromatic rings. The molecule has 0 unspecified atom stereocenters. The van der Waals surface area contributed by atoms with E-state index < -0.39 is 6.10 Å². The number of aliphatic hydroxyl groups is 1. The van der Waals surface area contributed by atoms with E-state index in [0.717, 1.165) is 12.2 Å². The van der Waals surface area contributed by atoms with Crippen molar-refractivity contribution in [2.24, 2.45) is 0 Å². The first-order valence-electron chi connectivity index (χ1n) is 9.49. The van der Waals surface area contributed by atoms with Gasteiger partial charge >= 0.3 is 0 Å². The molecule has 0 radical (unpaired) electrons. The highest BCUT2D eigenvalue weighted by atomic mass is 16.5. The van der Waals surface area contributed by atoms with Crippen molar-refractivity contribution >= 4 is 11.8 Å². The molecular weight excluding hydrogens is 360 g/mol. The van der Waals surface area contributed by atoms with Crippen molar-refractivity contribution in [2.75, 3.05) is 26.7 Å². The largest absolute Gasteiger partial charge is 0.494 e. The summed E-state index contributed by atoms with van der Waals surface area (Å²) < 4.78 is 7.14. The first-order valence-corrected chi connectivity index (χ1v) is 9.49. The fourth-order valence-electron chi connectivity index (χ4n) is 3.05. The number of aliphatic hydroxyl groups excluding tert-OH is 1. The van der Waals surface area contributed by atoms with Crippen LogP contribution in [0.3, 0.4) is 0 Å². The third-order valence-electron chi connectivity index (χ3n) is 4.67. The number of nitrogens with zero attached hydrogens (tertiary/aromatic N) is 3. The highest BCUT2D eigenvalue weighted by molar-refractivity contribution is 5.98. The van der Waals surface area contributed by atoms with Gasteiger partial charge in [-0.25, -0.2) is 0 Å². The third-order valence-corrected chi connectivity index (χ3v) is 4.67. The molecule has 1 atom stereocenters. The van der Waals surface area contributed by atoms with Crippen molar-refractivity contribution in [2.45, 2.75) is 32.4 Å². The Kier molecular flexibility index (Phi) is 6.30. The van der Waals surface area contributed by atoms with Gasteiger partial charge in [0.2, 0.25) is 0 Å². The van der Waals surface area contributed by atoms with Gasteiger partial charge in [-0.2, -0.15) is 5.10 Å². The number of aromatic nitrogens is 2. The fourth-order valence-corrected chi connectivity index (χ4v) is 3.05. The predicted molar refractivity (Wildman–Crippen MR) is 103 cm³/mol. The Morgan fingerprint density at radius 1 is 1.43 bits per heavy atom. The van der Waals surface area contributed by atoms with Crippen LogP contribution in [0.4, 0.5) is 0 Å². The lowest BCUT2D eigenvalue weighted by Gasteiger charge is -2.16. The van der Waals surface area contributed by atoms with E-state index in [-0.39, 0.29) is 36.3 Å². The quantitative estimate of drug-likeness (QED) is 0.695. The van der Waals surface area contributed by atoms with Crippen molar-refractivity contribution in [1.29, 1.82) is 0 Å². The number of carbonyl (C=O) groups excluding carboxylic acids is 2. The topological polar surface area (TPSA) is 96.7 Å². The Hall–Kier alpha value is -2.87. The van der Waals surface area contributed by atoms with Gasteiger partial charge in [-0.1, -0.05) is 19.1 Å². The number of amides is 2. The number of hydrogen-bond donors (Lipinski definition) is 2. The zero-order valence-electron chi connectivity index (χ0n) is 16.2. The van der Waals surface area contributed by atoms with Crippen LogP contribution < -0.4 is 10.1 Å². The molecule has 0 bridgehead atoms. The van der Waals surface area contributed by atoms with Crippen LogP contribution in [0.5, 0.6) is 5.75 Å². The highest BCUT2D eigenvalue weighted by Gasteiger charge is 2.25. The molecule has 1 aliphatic rings. The van der Waals surface area contributed by atoms with E-state index >= 15 is 0 Å². The fraction of sp³-hybridized carbons (Fsp3) is 0.450. The smallest absolute Gasteiger partial charge is 0.274 e. The Bertz CT molecular complexity index is 848. The molecule has 3 rings (SSSR count). The van der Waals surface area contributed by atoms with E-state index in [1.807, 2.05) is 18.2 Å². The number of fused-ring (bicyclic) bond motifs is 1. The average Bonchev–Trinajstić information content (AvgIpc) is 3.07. The minimum atomic E-state index is -0.728. The minimum absolute atomic E-state index is 0.173. The van der Waals surface area contributed by atoms with Gasteiger partial charge in [0, 0.05) is 26.2 Å². The summed E-state index contributed by atoms with van der Waals surface area (Å²) in [7, 11) is 1.69. The molecule has 150 valence electrons. The van der Waals surface area contributed by atoms with Crippen molar-refractivity contribution in [3.8, 4) is 5.75 Å². The third kappa shape index (κ3) is 4.69. The second-order valence-electron chi connectivity index (χ2n) is 6.89. The van der Waals surface area contributed by atoms with Gasteiger partial charge < -0.3 is 20.1 Å². The Labute approximate surface area is 164 Å². The molecule has 0 fully saturated rings. The molecule has 2 heterocycles. The number of benzene rings is 1. The molecular formula is C20H26N4O4. The number of aryl methyl sites for hydroxylation is 1. The van der Waals surface area contributed by atoms with Crippen LogP contribution in [0.2, 0.25) is 0 Å². The Balaban J connectivity index is 1.53. The Morgan fingerprint density at radius 3 is 3.04 bits per heavy atom. The standard InChI is InChI=1S/C20H26N4O4/c1-3-14-6-4-7-16(10-14)28-9-5-8-23(2)20(27)17-11-18-19(26)21-12-15(25)13-24(18)22-17/h4,6-7,10-11,15,25H,3,5,8-9,12-13H2,1-2H3,(H,21,26)/t15-/m1/s1. The Morgan fingerprint density at radius 2 is 2.25 bits per heavy atom. The molecule has 0 spiro atoms. The second kappa shape index (κ2) is 8.88. The lowest BCUT2D eigenvalue weighted by molar-refractivity contribution is 0.0779. The van der Waals surface area contributed by atoms with Crippen LogP contribution in [-0.2, 0) is 13.0 Å². The molecule has 0 aliphatic carbocycles. The number of carbonyl (C=O) groups is 2. The summed E-state index contributed by atoms with van der Waals surface area (Å²) in [6, 6.07) is 9.45.